The molecule has 2 atom stereocenters. The Hall–Kier alpha value is -2.50. The average Bonchev–Trinajstić information content (AvgIpc) is 2.53. The minimum Gasteiger partial charge on any atom is -0.460 e. The summed E-state index contributed by atoms with van der Waals surface area (Å²) < 4.78 is 5.42. The smallest absolute Gasteiger partial charge is 0.336 e. The first-order valence-corrected chi connectivity index (χ1v) is 8.47. The fourth-order valence-electron chi connectivity index (χ4n) is 3.39. The summed E-state index contributed by atoms with van der Waals surface area (Å²) in [5.41, 5.74) is 2.79. The molecule has 1 aromatic rings. The average molecular weight is 344 g/mol. The predicted molar refractivity (Wildman–Crippen MR) is 96.7 cm³/mol. The minimum atomic E-state index is -0.420. The van der Waals surface area contributed by atoms with Crippen LogP contribution in [0, 0.1) is 16.0 Å². The van der Waals surface area contributed by atoms with Crippen LogP contribution >= 0.6 is 0 Å². The van der Waals surface area contributed by atoms with Gasteiger partial charge in [0.2, 0.25) is 0 Å². The largest absolute Gasteiger partial charge is 0.460 e. The molecule has 6 nitrogen and oxygen atoms in total. The summed E-state index contributed by atoms with van der Waals surface area (Å²) in [7, 11) is 0. The fourth-order valence-corrected chi connectivity index (χ4v) is 3.39. The Balaban J connectivity index is 2.60. The van der Waals surface area contributed by atoms with Gasteiger partial charge in [0.05, 0.1) is 16.6 Å². The van der Waals surface area contributed by atoms with Crippen LogP contribution in [0.4, 0.5) is 5.69 Å². The van der Waals surface area contributed by atoms with Gasteiger partial charge < -0.3 is 4.74 Å². The van der Waals surface area contributed by atoms with Crippen molar-refractivity contribution in [2.75, 3.05) is 0 Å². The monoisotopic (exact) mass is 344 g/mol. The molecule has 0 amide bonds. The lowest BCUT2D eigenvalue weighted by Crippen LogP contribution is -2.30. The Bertz CT molecular complexity index is 750. The molecular formula is C19H24N2O4. The first-order valence-electron chi connectivity index (χ1n) is 8.47. The van der Waals surface area contributed by atoms with Crippen LogP contribution in [0.15, 0.2) is 40.5 Å². The van der Waals surface area contributed by atoms with Crippen molar-refractivity contribution in [3.63, 3.8) is 0 Å². The minimum absolute atomic E-state index is 0.000385. The second kappa shape index (κ2) is 7.59. The van der Waals surface area contributed by atoms with Crippen molar-refractivity contribution >= 4 is 17.4 Å². The van der Waals surface area contributed by atoms with Crippen molar-refractivity contribution in [3.05, 3.63) is 51.2 Å². The van der Waals surface area contributed by atoms with Gasteiger partial charge in [0.15, 0.2) is 0 Å². The highest BCUT2D eigenvalue weighted by Crippen LogP contribution is 2.41. The summed E-state index contributed by atoms with van der Waals surface area (Å²) in [4.78, 5) is 28.0. The molecule has 0 radical (unpaired) electrons. The molecule has 2 rings (SSSR count). The van der Waals surface area contributed by atoms with Gasteiger partial charge in [-0.05, 0) is 39.7 Å². The summed E-state index contributed by atoms with van der Waals surface area (Å²) in [6.45, 7) is 9.35. The zero-order valence-corrected chi connectivity index (χ0v) is 15.3. The zero-order valence-electron chi connectivity index (χ0n) is 15.3. The van der Waals surface area contributed by atoms with E-state index in [-0.39, 0.29) is 23.6 Å². The van der Waals surface area contributed by atoms with E-state index in [1.807, 2.05) is 19.9 Å². The number of benzene rings is 1. The van der Waals surface area contributed by atoms with Gasteiger partial charge in [-0.2, -0.15) is 0 Å². The molecule has 1 aromatic carbocycles. The lowest BCUT2D eigenvalue weighted by molar-refractivity contribution is -0.384. The van der Waals surface area contributed by atoms with Crippen molar-refractivity contribution in [2.45, 2.75) is 53.1 Å². The summed E-state index contributed by atoms with van der Waals surface area (Å²) in [5.74, 6) is -0.701. The quantitative estimate of drug-likeness (QED) is 0.450. The summed E-state index contributed by atoms with van der Waals surface area (Å²) in [6, 6.07) is 6.48. The van der Waals surface area contributed by atoms with E-state index in [1.54, 1.807) is 32.9 Å². The van der Waals surface area contributed by atoms with Crippen LogP contribution in [0.2, 0.25) is 0 Å². The predicted octanol–water partition coefficient (Wildman–Crippen LogP) is 4.40. The number of rotatable bonds is 5. The zero-order chi connectivity index (χ0) is 18.7. The third-order valence-electron chi connectivity index (χ3n) is 4.43. The molecular weight excluding hydrogens is 320 g/mol. The molecule has 0 saturated carbocycles. The second-order valence-corrected chi connectivity index (χ2v) is 6.55. The topological polar surface area (TPSA) is 81.8 Å². The summed E-state index contributed by atoms with van der Waals surface area (Å²) >= 11 is 0. The van der Waals surface area contributed by atoms with E-state index >= 15 is 0 Å². The number of hydrogen-bond acceptors (Lipinski definition) is 5. The van der Waals surface area contributed by atoms with Crippen LogP contribution in [0.5, 0.6) is 0 Å². The van der Waals surface area contributed by atoms with Gasteiger partial charge >= 0.3 is 5.97 Å². The molecule has 0 bridgehead atoms. The number of nitro groups is 1. The van der Waals surface area contributed by atoms with Gasteiger partial charge in [0.1, 0.15) is 0 Å². The lowest BCUT2D eigenvalue weighted by Gasteiger charge is -2.32. The second-order valence-electron chi connectivity index (χ2n) is 6.55. The van der Waals surface area contributed by atoms with Crippen LogP contribution in [-0.2, 0) is 9.53 Å². The molecule has 0 spiro atoms. The van der Waals surface area contributed by atoms with Gasteiger partial charge in [-0.15, -0.1) is 0 Å². The Morgan fingerprint density at radius 2 is 2.04 bits per heavy atom. The maximum absolute atomic E-state index is 12.7. The molecule has 1 aliphatic rings. The van der Waals surface area contributed by atoms with Crippen molar-refractivity contribution in [2.24, 2.45) is 10.9 Å². The Morgan fingerprint density at radius 1 is 1.36 bits per heavy atom. The third-order valence-corrected chi connectivity index (χ3v) is 4.43. The normalized spacial score (nSPS) is 20.5. The molecule has 0 fully saturated rings. The van der Waals surface area contributed by atoms with Gasteiger partial charge in [0, 0.05) is 35.4 Å². The van der Waals surface area contributed by atoms with E-state index < -0.39 is 10.9 Å². The number of nitro benzene ring substituents is 1. The Kier molecular flexibility index (Phi) is 5.72. The fraction of sp³-hybridized carbons (Fsp3) is 0.474. The number of hydrogen-bond donors (Lipinski definition) is 0. The van der Waals surface area contributed by atoms with Crippen molar-refractivity contribution in [1.82, 2.24) is 0 Å². The standard InChI is InChI=1S/C19H24N2O4/c1-6-16-12(4)20-13(5)17(19(22)25-11(2)3)18(16)14-8-7-9-15(10-14)21(23)24/h7-11,16,18H,6H2,1-5H3. The van der Waals surface area contributed by atoms with E-state index in [0.29, 0.717) is 11.3 Å². The van der Waals surface area contributed by atoms with E-state index in [4.69, 9.17) is 4.74 Å². The van der Waals surface area contributed by atoms with E-state index in [1.165, 1.54) is 6.07 Å². The summed E-state index contributed by atoms with van der Waals surface area (Å²) in [5, 5.41) is 11.2. The molecule has 0 aromatic heterocycles. The maximum Gasteiger partial charge on any atom is 0.336 e. The van der Waals surface area contributed by atoms with E-state index in [9.17, 15) is 14.9 Å². The van der Waals surface area contributed by atoms with E-state index in [0.717, 1.165) is 17.7 Å². The molecule has 0 saturated heterocycles. The van der Waals surface area contributed by atoms with Crippen LogP contribution in [0.3, 0.4) is 0 Å². The number of nitrogens with zero attached hydrogens (tertiary/aromatic N) is 2. The highest BCUT2D eigenvalue weighted by molar-refractivity contribution is 5.97. The number of allylic oxidation sites excluding steroid dienone is 1. The Labute approximate surface area is 147 Å². The van der Waals surface area contributed by atoms with Crippen molar-refractivity contribution in [3.8, 4) is 0 Å². The van der Waals surface area contributed by atoms with Gasteiger partial charge in [-0.1, -0.05) is 19.1 Å². The van der Waals surface area contributed by atoms with Gasteiger partial charge in [-0.25, -0.2) is 4.79 Å². The number of carbonyl (C=O) groups is 1. The highest BCUT2D eigenvalue weighted by atomic mass is 16.6. The first kappa shape index (κ1) is 18.8. The van der Waals surface area contributed by atoms with Crippen molar-refractivity contribution in [1.29, 1.82) is 0 Å². The molecule has 6 heteroatoms. The maximum atomic E-state index is 12.7. The molecule has 1 aliphatic heterocycles. The Morgan fingerprint density at radius 3 is 2.60 bits per heavy atom. The number of non-ortho nitro benzene ring substituents is 1. The molecule has 1 heterocycles. The van der Waals surface area contributed by atoms with Gasteiger partial charge in [0.25, 0.3) is 5.69 Å². The number of carbonyl (C=O) groups excluding carboxylic acids is 1. The third kappa shape index (κ3) is 3.95. The van der Waals surface area contributed by atoms with Crippen LogP contribution in [0.1, 0.15) is 52.5 Å². The number of aliphatic imine (C=N–C) groups is 1. The molecule has 25 heavy (non-hydrogen) atoms. The number of ether oxygens (including phenoxy) is 1. The molecule has 0 aliphatic carbocycles. The number of esters is 1. The first-order chi connectivity index (χ1) is 11.8. The lowest BCUT2D eigenvalue weighted by atomic mass is 9.74. The van der Waals surface area contributed by atoms with Crippen molar-refractivity contribution < 1.29 is 14.5 Å². The van der Waals surface area contributed by atoms with Crippen LogP contribution < -0.4 is 0 Å². The molecule has 0 N–H and O–H groups in total. The molecule has 2 unspecified atom stereocenters. The SMILES string of the molecule is CCC1C(C)=NC(C)=C(C(=O)OC(C)C)C1c1cccc([N+](=O)[O-])c1. The summed E-state index contributed by atoms with van der Waals surface area (Å²) in [6.07, 6.45) is 0.527. The van der Waals surface area contributed by atoms with Crippen LogP contribution in [-0.4, -0.2) is 22.7 Å². The van der Waals surface area contributed by atoms with Gasteiger partial charge in [-0.3, -0.25) is 15.1 Å². The van der Waals surface area contributed by atoms with E-state index in [2.05, 4.69) is 4.99 Å². The van der Waals surface area contributed by atoms with Crippen LogP contribution in [0.25, 0.3) is 0 Å². The molecule has 134 valence electrons. The highest BCUT2D eigenvalue weighted by Gasteiger charge is 2.37.